The second-order valence-electron chi connectivity index (χ2n) is 5.69. The molecule has 1 atom stereocenters. The Kier molecular flexibility index (Phi) is 5.63. The van der Waals surface area contributed by atoms with Crippen LogP contribution in [0.5, 0.6) is 0 Å². The topological polar surface area (TPSA) is 62.3 Å². The van der Waals surface area contributed by atoms with E-state index in [1.807, 2.05) is 20.2 Å². The van der Waals surface area contributed by atoms with Gasteiger partial charge in [-0.3, -0.25) is 9.59 Å². The number of aromatic nitrogens is 1. The molecule has 0 unspecified atom stereocenters. The Hall–Kier alpha value is -2.05. The molecule has 0 spiro atoms. The number of benzene rings is 1. The summed E-state index contributed by atoms with van der Waals surface area (Å²) in [4.78, 5) is 30.0. The fourth-order valence-corrected chi connectivity index (χ4v) is 3.02. The Morgan fingerprint density at radius 2 is 2.09 bits per heavy atom. The number of nitrogens with zero attached hydrogens (tertiary/aromatic N) is 2. The summed E-state index contributed by atoms with van der Waals surface area (Å²) in [6.45, 7) is 3.98. The molecule has 1 heterocycles. The number of carbonyl (C=O) groups excluding carboxylic acids is 2. The molecule has 23 heavy (non-hydrogen) atoms. The van der Waals surface area contributed by atoms with E-state index < -0.39 is 0 Å². The molecule has 0 saturated heterocycles. The van der Waals surface area contributed by atoms with Crippen LogP contribution in [-0.4, -0.2) is 42.2 Å². The van der Waals surface area contributed by atoms with Gasteiger partial charge >= 0.3 is 0 Å². The van der Waals surface area contributed by atoms with E-state index in [0.717, 1.165) is 16.9 Å². The Balaban J connectivity index is 2.06. The van der Waals surface area contributed by atoms with E-state index in [2.05, 4.69) is 40.3 Å². The minimum atomic E-state index is -0.200. The summed E-state index contributed by atoms with van der Waals surface area (Å²) in [6, 6.07) is 8.33. The van der Waals surface area contributed by atoms with Crippen molar-refractivity contribution in [3.63, 3.8) is 0 Å². The average Bonchev–Trinajstić information content (AvgIpc) is 2.97. The second-order valence-corrected chi connectivity index (χ2v) is 6.72. The van der Waals surface area contributed by atoms with Crippen LogP contribution in [0, 0.1) is 6.92 Å². The van der Waals surface area contributed by atoms with Crippen LogP contribution in [-0.2, 0) is 0 Å². The Labute approximate surface area is 140 Å². The SMILES string of the molecule is CC(=O)c1ncc(C(=O)NC[C@@H](c2cccc(C)c2)N(C)C)s1. The van der Waals surface area contributed by atoms with Crippen molar-refractivity contribution in [3.8, 4) is 0 Å². The van der Waals surface area contributed by atoms with Crippen LogP contribution in [0.2, 0.25) is 0 Å². The van der Waals surface area contributed by atoms with E-state index in [9.17, 15) is 9.59 Å². The van der Waals surface area contributed by atoms with E-state index in [1.54, 1.807) is 0 Å². The third kappa shape index (κ3) is 4.46. The molecule has 5 nitrogen and oxygen atoms in total. The fraction of sp³-hybridized carbons (Fsp3) is 0.353. The van der Waals surface area contributed by atoms with Crippen LogP contribution in [0.15, 0.2) is 30.5 Å². The van der Waals surface area contributed by atoms with Crippen LogP contribution in [0.1, 0.15) is 43.6 Å². The van der Waals surface area contributed by atoms with E-state index in [-0.39, 0.29) is 17.7 Å². The highest BCUT2D eigenvalue weighted by Crippen LogP contribution is 2.19. The third-order valence-corrected chi connectivity index (χ3v) is 4.63. The number of Topliss-reactive ketones (excluding diaryl/α,β-unsaturated/α-hetero) is 1. The Morgan fingerprint density at radius 3 is 2.65 bits per heavy atom. The minimum Gasteiger partial charge on any atom is -0.349 e. The van der Waals surface area contributed by atoms with E-state index in [0.29, 0.717) is 16.4 Å². The molecule has 0 saturated carbocycles. The van der Waals surface area contributed by atoms with Crippen molar-refractivity contribution in [3.05, 3.63) is 51.5 Å². The zero-order valence-corrected chi connectivity index (χ0v) is 14.6. The first-order chi connectivity index (χ1) is 10.9. The number of ketones is 1. The lowest BCUT2D eigenvalue weighted by atomic mass is 10.0. The predicted molar refractivity (Wildman–Crippen MR) is 92.1 cm³/mol. The molecule has 2 aromatic rings. The lowest BCUT2D eigenvalue weighted by Gasteiger charge is -2.25. The van der Waals surface area contributed by atoms with Crippen molar-refractivity contribution in [2.75, 3.05) is 20.6 Å². The fourth-order valence-electron chi connectivity index (χ4n) is 2.29. The molecule has 2 rings (SSSR count). The van der Waals surface area contributed by atoms with Crippen molar-refractivity contribution in [2.45, 2.75) is 19.9 Å². The highest BCUT2D eigenvalue weighted by molar-refractivity contribution is 7.15. The van der Waals surface area contributed by atoms with Gasteiger partial charge in [0.25, 0.3) is 5.91 Å². The highest BCUT2D eigenvalue weighted by Gasteiger charge is 2.18. The number of aryl methyl sites for hydroxylation is 1. The predicted octanol–water partition coefficient (Wildman–Crippen LogP) is 2.69. The van der Waals surface area contributed by atoms with Gasteiger partial charge in [0.2, 0.25) is 0 Å². The molecule has 0 aliphatic heterocycles. The lowest BCUT2D eigenvalue weighted by Crippen LogP contribution is -2.34. The summed E-state index contributed by atoms with van der Waals surface area (Å²) in [6.07, 6.45) is 1.45. The molecule has 1 amide bonds. The van der Waals surface area contributed by atoms with E-state index in [4.69, 9.17) is 0 Å². The molecule has 122 valence electrons. The summed E-state index contributed by atoms with van der Waals surface area (Å²) < 4.78 is 0. The summed E-state index contributed by atoms with van der Waals surface area (Å²) in [5.41, 5.74) is 2.35. The van der Waals surface area contributed by atoms with Gasteiger partial charge in [0.1, 0.15) is 4.88 Å². The Morgan fingerprint density at radius 1 is 1.35 bits per heavy atom. The first-order valence-corrected chi connectivity index (χ1v) is 8.18. The quantitative estimate of drug-likeness (QED) is 0.827. The van der Waals surface area contributed by atoms with Gasteiger partial charge in [-0.1, -0.05) is 29.8 Å². The zero-order chi connectivity index (χ0) is 17.0. The number of carbonyl (C=O) groups is 2. The molecular formula is C17H21N3O2S. The van der Waals surface area contributed by atoms with Gasteiger partial charge in [-0.15, -0.1) is 11.3 Å². The summed E-state index contributed by atoms with van der Waals surface area (Å²) in [7, 11) is 3.97. The highest BCUT2D eigenvalue weighted by atomic mass is 32.1. The van der Waals surface area contributed by atoms with Crippen LogP contribution < -0.4 is 5.32 Å². The molecule has 0 aliphatic rings. The van der Waals surface area contributed by atoms with Crippen molar-refractivity contribution < 1.29 is 9.59 Å². The molecule has 0 bridgehead atoms. The first-order valence-electron chi connectivity index (χ1n) is 7.36. The number of likely N-dealkylation sites (N-methyl/N-ethyl adjacent to an activating group) is 1. The number of hydrogen-bond donors (Lipinski definition) is 1. The molecule has 0 radical (unpaired) electrons. The monoisotopic (exact) mass is 331 g/mol. The molecular weight excluding hydrogens is 310 g/mol. The van der Waals surface area contributed by atoms with Crippen LogP contribution in [0.25, 0.3) is 0 Å². The number of thiazole rings is 1. The van der Waals surface area contributed by atoms with Gasteiger partial charge in [-0.25, -0.2) is 4.98 Å². The second kappa shape index (κ2) is 7.48. The number of rotatable bonds is 6. The number of hydrogen-bond acceptors (Lipinski definition) is 5. The van der Waals surface area contributed by atoms with Gasteiger partial charge in [0.05, 0.1) is 12.2 Å². The average molecular weight is 331 g/mol. The maximum absolute atomic E-state index is 12.2. The van der Waals surface area contributed by atoms with Crippen LogP contribution in [0.4, 0.5) is 0 Å². The smallest absolute Gasteiger partial charge is 0.263 e. The zero-order valence-electron chi connectivity index (χ0n) is 13.8. The molecule has 0 aliphatic carbocycles. The molecule has 0 fully saturated rings. The normalized spacial score (nSPS) is 12.2. The van der Waals surface area contributed by atoms with Crippen molar-refractivity contribution in [2.24, 2.45) is 0 Å². The maximum Gasteiger partial charge on any atom is 0.263 e. The van der Waals surface area contributed by atoms with Gasteiger partial charge in [0, 0.05) is 13.5 Å². The summed E-state index contributed by atoms with van der Waals surface area (Å²) >= 11 is 1.12. The van der Waals surface area contributed by atoms with Crippen molar-refractivity contribution in [1.82, 2.24) is 15.2 Å². The molecule has 1 N–H and O–H groups in total. The van der Waals surface area contributed by atoms with E-state index in [1.165, 1.54) is 18.7 Å². The van der Waals surface area contributed by atoms with Gasteiger partial charge in [-0.05, 0) is 26.6 Å². The third-order valence-electron chi connectivity index (χ3n) is 3.54. The number of nitrogens with one attached hydrogen (secondary N) is 1. The first kappa shape index (κ1) is 17.3. The largest absolute Gasteiger partial charge is 0.349 e. The lowest BCUT2D eigenvalue weighted by molar-refractivity contribution is 0.0945. The Bertz CT molecular complexity index is 709. The van der Waals surface area contributed by atoms with Gasteiger partial charge < -0.3 is 10.2 Å². The molecule has 1 aromatic carbocycles. The van der Waals surface area contributed by atoms with Crippen molar-refractivity contribution in [1.29, 1.82) is 0 Å². The van der Waals surface area contributed by atoms with Gasteiger partial charge in [0.15, 0.2) is 10.8 Å². The summed E-state index contributed by atoms with van der Waals surface area (Å²) in [5.74, 6) is -0.325. The van der Waals surface area contributed by atoms with Crippen LogP contribution >= 0.6 is 11.3 Å². The van der Waals surface area contributed by atoms with Crippen molar-refractivity contribution >= 4 is 23.0 Å². The molecule has 1 aromatic heterocycles. The molecule has 6 heteroatoms. The van der Waals surface area contributed by atoms with Gasteiger partial charge in [-0.2, -0.15) is 0 Å². The number of amides is 1. The van der Waals surface area contributed by atoms with E-state index >= 15 is 0 Å². The maximum atomic E-state index is 12.2. The minimum absolute atomic E-state index is 0.0825. The standard InChI is InChI=1S/C17H21N3O2S/c1-11-6-5-7-13(8-11)14(20(3)4)9-18-16(22)15-10-19-17(23-15)12(2)21/h5-8,10,14H,9H2,1-4H3,(H,18,22)/t14-/m0/s1. The van der Waals surface area contributed by atoms with Crippen LogP contribution in [0.3, 0.4) is 0 Å². The summed E-state index contributed by atoms with van der Waals surface area (Å²) in [5, 5.41) is 3.29.